The fourth-order valence-corrected chi connectivity index (χ4v) is 3.29. The van der Waals surface area contributed by atoms with Crippen molar-refractivity contribution < 1.29 is 9.90 Å². The van der Waals surface area contributed by atoms with Gasteiger partial charge in [0.15, 0.2) is 0 Å². The van der Waals surface area contributed by atoms with Gasteiger partial charge in [0.2, 0.25) is 5.95 Å². The van der Waals surface area contributed by atoms with Gasteiger partial charge in [0, 0.05) is 42.3 Å². The zero-order valence-corrected chi connectivity index (χ0v) is 17.1. The normalized spacial score (nSPS) is 10.5. The molecule has 0 saturated heterocycles. The average molecular weight is 415 g/mol. The van der Waals surface area contributed by atoms with Crippen LogP contribution in [0.4, 0.5) is 17.3 Å². The van der Waals surface area contributed by atoms with Gasteiger partial charge in [0.1, 0.15) is 0 Å². The summed E-state index contributed by atoms with van der Waals surface area (Å²) in [6.45, 7) is 2.07. The lowest BCUT2D eigenvalue weighted by Gasteiger charge is -2.05. The molecule has 31 heavy (non-hydrogen) atoms. The number of fused-ring (bicyclic) bond motifs is 1. The maximum atomic E-state index is 11.8. The molecule has 4 aromatic rings. The topological polar surface area (TPSA) is 110 Å². The summed E-state index contributed by atoms with van der Waals surface area (Å²) in [7, 11) is 1.94. The van der Waals surface area contributed by atoms with Crippen molar-refractivity contribution in [2.75, 3.05) is 17.2 Å². The number of carbonyl (C=O) groups is 1. The largest absolute Gasteiger partial charge is 0.394 e. The van der Waals surface area contributed by atoms with Crippen molar-refractivity contribution in [2.45, 2.75) is 13.5 Å². The molecule has 9 heteroatoms. The van der Waals surface area contributed by atoms with Crippen LogP contribution in [0, 0.1) is 11.8 Å². The average Bonchev–Trinajstić information content (AvgIpc) is 3.33. The quantitative estimate of drug-likeness (QED) is 0.418. The van der Waals surface area contributed by atoms with E-state index >= 15 is 0 Å². The van der Waals surface area contributed by atoms with Gasteiger partial charge < -0.3 is 20.3 Å². The van der Waals surface area contributed by atoms with Crippen LogP contribution < -0.4 is 10.6 Å². The van der Waals surface area contributed by atoms with Crippen LogP contribution in [0.25, 0.3) is 22.2 Å². The first kappa shape index (κ1) is 20.1. The molecule has 4 rings (SSSR count). The Bertz CT molecular complexity index is 1310. The second-order valence-electron chi connectivity index (χ2n) is 6.82. The molecule has 156 valence electrons. The number of carbonyl (C=O) groups excluding carboxylic acids is 1. The zero-order chi connectivity index (χ0) is 21.8. The van der Waals surface area contributed by atoms with Crippen LogP contribution in [0.2, 0.25) is 0 Å². The Kier molecular flexibility index (Phi) is 5.64. The van der Waals surface area contributed by atoms with Gasteiger partial charge in [-0.1, -0.05) is 12.0 Å². The van der Waals surface area contributed by atoms with Crippen molar-refractivity contribution in [1.29, 1.82) is 0 Å². The summed E-state index contributed by atoms with van der Waals surface area (Å²) in [6, 6.07) is 7.55. The molecule has 0 fully saturated rings. The SMILES string of the molecule is CC#CC(=O)Nc1ccc2c(-c3ccnc(Nc4cnn(CCO)c4)n3)cn(C)c2c1. The monoisotopic (exact) mass is 415 g/mol. The third-order valence-corrected chi connectivity index (χ3v) is 4.64. The molecule has 0 aliphatic heterocycles. The van der Waals surface area contributed by atoms with Gasteiger partial charge in [0.05, 0.1) is 36.2 Å². The van der Waals surface area contributed by atoms with Crippen LogP contribution in [0.1, 0.15) is 6.92 Å². The molecule has 3 aromatic heterocycles. The van der Waals surface area contributed by atoms with Crippen LogP contribution >= 0.6 is 0 Å². The summed E-state index contributed by atoms with van der Waals surface area (Å²) < 4.78 is 3.62. The van der Waals surface area contributed by atoms with Crippen LogP contribution in [-0.4, -0.2) is 41.9 Å². The Labute approximate surface area is 178 Å². The summed E-state index contributed by atoms with van der Waals surface area (Å²) >= 11 is 0. The van der Waals surface area contributed by atoms with Crippen LogP contribution in [0.15, 0.2) is 49.1 Å². The van der Waals surface area contributed by atoms with Crippen LogP contribution in [-0.2, 0) is 18.4 Å². The number of amides is 1. The number of benzene rings is 1. The molecule has 0 bridgehead atoms. The van der Waals surface area contributed by atoms with E-state index in [-0.39, 0.29) is 12.5 Å². The number of rotatable bonds is 6. The smallest absolute Gasteiger partial charge is 0.300 e. The lowest BCUT2D eigenvalue weighted by molar-refractivity contribution is -0.111. The van der Waals surface area contributed by atoms with Gasteiger partial charge in [-0.25, -0.2) is 9.97 Å². The summed E-state index contributed by atoms with van der Waals surface area (Å²) in [6.07, 6.45) is 7.12. The lowest BCUT2D eigenvalue weighted by Crippen LogP contribution is -2.08. The molecule has 0 unspecified atom stereocenters. The molecular weight excluding hydrogens is 394 g/mol. The number of aryl methyl sites for hydroxylation is 1. The predicted octanol–water partition coefficient (Wildman–Crippen LogP) is 2.53. The second-order valence-corrected chi connectivity index (χ2v) is 6.82. The first-order valence-electron chi connectivity index (χ1n) is 9.64. The molecule has 0 radical (unpaired) electrons. The number of hydrogen-bond donors (Lipinski definition) is 3. The highest BCUT2D eigenvalue weighted by Crippen LogP contribution is 2.31. The Morgan fingerprint density at radius 2 is 2.10 bits per heavy atom. The van der Waals surface area contributed by atoms with Gasteiger partial charge in [-0.2, -0.15) is 5.10 Å². The molecule has 0 atom stereocenters. The minimum Gasteiger partial charge on any atom is -0.394 e. The minimum absolute atomic E-state index is 0.0194. The summed E-state index contributed by atoms with van der Waals surface area (Å²) in [5, 5.41) is 20.1. The highest BCUT2D eigenvalue weighted by molar-refractivity contribution is 6.05. The fourth-order valence-electron chi connectivity index (χ4n) is 3.29. The number of aromatic nitrogens is 5. The van der Waals surface area contributed by atoms with Gasteiger partial charge in [-0.05, 0) is 31.0 Å². The van der Waals surface area contributed by atoms with E-state index < -0.39 is 0 Å². The van der Waals surface area contributed by atoms with Gasteiger partial charge in [-0.3, -0.25) is 9.48 Å². The van der Waals surface area contributed by atoms with Gasteiger partial charge in [-0.15, -0.1) is 0 Å². The first-order chi connectivity index (χ1) is 15.1. The molecule has 3 heterocycles. The third-order valence-electron chi connectivity index (χ3n) is 4.64. The standard InChI is InChI=1S/C22H21N7O2/c1-3-4-21(31)25-15-5-6-17-18(14-28(2)20(17)11-15)19-7-8-23-22(27-19)26-16-12-24-29(13-16)9-10-30/h5-8,11-14,30H,9-10H2,1-2H3,(H,25,31)(H,23,26,27). The number of nitrogens with one attached hydrogen (secondary N) is 2. The molecule has 1 amide bonds. The van der Waals surface area contributed by atoms with Gasteiger partial charge in [0.25, 0.3) is 5.91 Å². The summed E-state index contributed by atoms with van der Waals surface area (Å²) in [5.41, 5.74) is 4.08. The molecule has 0 aliphatic rings. The molecule has 0 aliphatic carbocycles. The minimum atomic E-state index is -0.342. The van der Waals surface area contributed by atoms with E-state index in [0.717, 1.165) is 27.8 Å². The Morgan fingerprint density at radius 1 is 1.23 bits per heavy atom. The van der Waals surface area contributed by atoms with Crippen LogP contribution in [0.3, 0.4) is 0 Å². The molecular formula is C22H21N7O2. The first-order valence-corrected chi connectivity index (χ1v) is 9.64. The Morgan fingerprint density at radius 3 is 2.90 bits per heavy atom. The van der Waals surface area contributed by atoms with E-state index in [2.05, 4.69) is 37.5 Å². The maximum absolute atomic E-state index is 11.8. The number of hydrogen-bond acceptors (Lipinski definition) is 6. The van der Waals surface area contributed by atoms with Crippen molar-refractivity contribution in [3.8, 4) is 23.1 Å². The van der Waals surface area contributed by atoms with E-state index in [1.165, 1.54) is 0 Å². The van der Waals surface area contributed by atoms with E-state index in [4.69, 9.17) is 5.11 Å². The number of anilines is 3. The fraction of sp³-hybridized carbons (Fsp3) is 0.182. The number of nitrogens with zero attached hydrogens (tertiary/aromatic N) is 5. The van der Waals surface area contributed by atoms with Crippen molar-refractivity contribution in [2.24, 2.45) is 7.05 Å². The van der Waals surface area contributed by atoms with Crippen molar-refractivity contribution >= 4 is 34.1 Å². The second kappa shape index (κ2) is 8.69. The van der Waals surface area contributed by atoms with E-state index in [1.54, 1.807) is 30.2 Å². The molecule has 0 saturated carbocycles. The predicted molar refractivity (Wildman–Crippen MR) is 119 cm³/mol. The maximum Gasteiger partial charge on any atom is 0.300 e. The zero-order valence-electron chi connectivity index (χ0n) is 17.1. The lowest BCUT2D eigenvalue weighted by atomic mass is 10.1. The van der Waals surface area contributed by atoms with Crippen molar-refractivity contribution in [1.82, 2.24) is 24.3 Å². The van der Waals surface area contributed by atoms with Gasteiger partial charge >= 0.3 is 0 Å². The highest BCUT2D eigenvalue weighted by Gasteiger charge is 2.12. The van der Waals surface area contributed by atoms with Crippen molar-refractivity contribution in [3.63, 3.8) is 0 Å². The molecule has 3 N–H and O–H groups in total. The summed E-state index contributed by atoms with van der Waals surface area (Å²) in [5.74, 6) is 5.16. The Hall–Kier alpha value is -4.16. The molecule has 9 nitrogen and oxygen atoms in total. The number of aliphatic hydroxyl groups excluding tert-OH is 1. The highest BCUT2D eigenvalue weighted by atomic mass is 16.3. The van der Waals surface area contributed by atoms with E-state index in [0.29, 0.717) is 18.2 Å². The van der Waals surface area contributed by atoms with Crippen LogP contribution in [0.5, 0.6) is 0 Å². The summed E-state index contributed by atoms with van der Waals surface area (Å²) in [4.78, 5) is 20.7. The van der Waals surface area contributed by atoms with E-state index in [1.807, 2.05) is 42.1 Å². The van der Waals surface area contributed by atoms with Crippen molar-refractivity contribution in [3.05, 3.63) is 49.1 Å². The van der Waals surface area contributed by atoms with E-state index in [9.17, 15) is 4.79 Å². The Balaban J connectivity index is 1.62. The molecule has 0 spiro atoms. The molecule has 1 aromatic carbocycles. The third kappa shape index (κ3) is 4.39. The number of aliphatic hydroxyl groups is 1.